The van der Waals surface area contributed by atoms with Gasteiger partial charge in [0.05, 0.1) is 38.1 Å². The van der Waals surface area contributed by atoms with Crippen molar-refractivity contribution in [2.24, 2.45) is 17.8 Å². The van der Waals surface area contributed by atoms with Gasteiger partial charge in [-0.05, 0) is 62.1 Å². The van der Waals surface area contributed by atoms with Crippen molar-refractivity contribution in [2.45, 2.75) is 57.8 Å². The van der Waals surface area contributed by atoms with E-state index in [1.54, 1.807) is 7.11 Å². The fourth-order valence-corrected chi connectivity index (χ4v) is 4.80. The Balaban J connectivity index is 1.75. The molecule has 4 rings (SSSR count). The van der Waals surface area contributed by atoms with E-state index in [0.717, 1.165) is 30.6 Å². The van der Waals surface area contributed by atoms with Crippen LogP contribution in [0, 0.1) is 17.8 Å². The van der Waals surface area contributed by atoms with Crippen LogP contribution in [0.4, 0.5) is 0 Å². The topological polar surface area (TPSA) is 57.2 Å². The molecule has 5 atom stereocenters. The first kappa shape index (κ1) is 17.9. The van der Waals surface area contributed by atoms with E-state index < -0.39 is 0 Å². The number of ether oxygens (including phenoxy) is 4. The zero-order valence-corrected chi connectivity index (χ0v) is 16.2. The Morgan fingerprint density at radius 2 is 1.92 bits per heavy atom. The molecule has 1 aromatic rings. The molecule has 2 fully saturated rings. The highest BCUT2D eigenvalue weighted by Crippen LogP contribution is 2.54. The number of methoxy groups -OCH3 is 1. The van der Waals surface area contributed by atoms with Crippen LogP contribution in [0.2, 0.25) is 0 Å². The lowest BCUT2D eigenvalue weighted by Crippen LogP contribution is -2.52. The molecule has 0 spiro atoms. The lowest BCUT2D eigenvalue weighted by Gasteiger charge is -2.53. The van der Waals surface area contributed by atoms with Gasteiger partial charge in [0.25, 0.3) is 0 Å². The molecule has 2 bridgehead atoms. The number of aliphatic hydroxyl groups excluding tert-OH is 1. The van der Waals surface area contributed by atoms with Gasteiger partial charge < -0.3 is 24.1 Å². The lowest BCUT2D eigenvalue weighted by atomic mass is 9.63. The number of hydrogen-bond donors (Lipinski definition) is 1. The van der Waals surface area contributed by atoms with Crippen LogP contribution in [-0.2, 0) is 4.74 Å². The fraction of sp³-hybridized carbons (Fsp3) is 0.714. The van der Waals surface area contributed by atoms with Gasteiger partial charge in [-0.2, -0.15) is 0 Å². The molecular formula is C21H30O5. The van der Waals surface area contributed by atoms with Crippen molar-refractivity contribution in [1.29, 1.82) is 0 Å². The predicted octanol–water partition coefficient (Wildman–Crippen LogP) is 3.73. The molecule has 5 heteroatoms. The molecule has 0 unspecified atom stereocenters. The summed E-state index contributed by atoms with van der Waals surface area (Å²) in [6.45, 7) is 7.69. The quantitative estimate of drug-likeness (QED) is 0.869. The number of hydrogen-bond acceptors (Lipinski definition) is 5. The van der Waals surface area contributed by atoms with Gasteiger partial charge >= 0.3 is 0 Å². The van der Waals surface area contributed by atoms with Crippen molar-refractivity contribution in [2.75, 3.05) is 20.3 Å². The van der Waals surface area contributed by atoms with Crippen molar-refractivity contribution in [3.05, 3.63) is 17.7 Å². The van der Waals surface area contributed by atoms with E-state index in [2.05, 4.69) is 20.8 Å². The first-order chi connectivity index (χ1) is 12.4. The maximum absolute atomic E-state index is 10.6. The molecular weight excluding hydrogens is 332 g/mol. The molecule has 144 valence electrons. The fourth-order valence-electron chi connectivity index (χ4n) is 4.80. The van der Waals surface area contributed by atoms with Crippen molar-refractivity contribution in [1.82, 2.24) is 0 Å². The molecule has 1 aliphatic carbocycles. The van der Waals surface area contributed by atoms with Crippen LogP contribution >= 0.6 is 0 Å². The number of aliphatic hydroxyl groups is 1. The summed E-state index contributed by atoms with van der Waals surface area (Å²) >= 11 is 0. The Kier molecular flexibility index (Phi) is 4.56. The highest BCUT2D eigenvalue weighted by atomic mass is 16.5. The van der Waals surface area contributed by atoms with Crippen LogP contribution in [0.15, 0.2) is 12.1 Å². The lowest BCUT2D eigenvalue weighted by molar-refractivity contribution is -0.215. The molecule has 26 heavy (non-hydrogen) atoms. The zero-order chi connectivity index (χ0) is 18.5. The number of benzene rings is 1. The third-order valence-electron chi connectivity index (χ3n) is 6.55. The van der Waals surface area contributed by atoms with E-state index in [9.17, 15) is 5.11 Å². The molecule has 0 radical (unpaired) electrons. The van der Waals surface area contributed by atoms with Gasteiger partial charge in [-0.15, -0.1) is 0 Å². The molecule has 1 N–H and O–H groups in total. The van der Waals surface area contributed by atoms with E-state index in [-0.39, 0.29) is 29.6 Å². The summed E-state index contributed by atoms with van der Waals surface area (Å²) in [5, 5.41) is 10.6. The second kappa shape index (κ2) is 6.61. The average Bonchev–Trinajstić information content (AvgIpc) is 2.86. The molecule has 1 saturated heterocycles. The Morgan fingerprint density at radius 1 is 1.15 bits per heavy atom. The normalized spacial score (nSPS) is 35.5. The van der Waals surface area contributed by atoms with Crippen molar-refractivity contribution in [3.63, 3.8) is 0 Å². The van der Waals surface area contributed by atoms with E-state index >= 15 is 0 Å². The molecule has 2 heterocycles. The van der Waals surface area contributed by atoms with Crippen LogP contribution < -0.4 is 14.2 Å². The largest absolute Gasteiger partial charge is 0.493 e. The van der Waals surface area contributed by atoms with E-state index in [1.165, 1.54) is 0 Å². The predicted molar refractivity (Wildman–Crippen MR) is 97.9 cm³/mol. The van der Waals surface area contributed by atoms with Gasteiger partial charge in [0, 0.05) is 6.42 Å². The second-order valence-corrected chi connectivity index (χ2v) is 8.50. The van der Waals surface area contributed by atoms with Crippen LogP contribution in [0.25, 0.3) is 0 Å². The average molecular weight is 362 g/mol. The molecule has 0 aromatic heterocycles. The Morgan fingerprint density at radius 3 is 2.69 bits per heavy atom. The van der Waals surface area contributed by atoms with Crippen LogP contribution in [0.1, 0.15) is 51.7 Å². The van der Waals surface area contributed by atoms with Gasteiger partial charge in [0.1, 0.15) is 0 Å². The zero-order valence-electron chi connectivity index (χ0n) is 16.2. The first-order valence-corrected chi connectivity index (χ1v) is 9.74. The monoisotopic (exact) mass is 362 g/mol. The highest BCUT2D eigenvalue weighted by molar-refractivity contribution is 5.54. The molecule has 5 nitrogen and oxygen atoms in total. The Bertz CT molecular complexity index is 671. The smallest absolute Gasteiger partial charge is 0.203 e. The Labute approximate surface area is 155 Å². The van der Waals surface area contributed by atoms with Gasteiger partial charge in [-0.25, -0.2) is 0 Å². The van der Waals surface area contributed by atoms with Gasteiger partial charge in [0.2, 0.25) is 5.75 Å². The SMILES string of the molecule is COc1cc([C@@H]2OC(C)(C)[C@H]3C[C@H]2[C@H](C)[C@@H](O)C3)cc2c1OCCCO2. The van der Waals surface area contributed by atoms with E-state index in [0.29, 0.717) is 30.6 Å². The highest BCUT2D eigenvalue weighted by Gasteiger charge is 2.50. The summed E-state index contributed by atoms with van der Waals surface area (Å²) in [5.74, 6) is 2.97. The number of rotatable bonds is 2. The summed E-state index contributed by atoms with van der Waals surface area (Å²) in [5.41, 5.74) is 0.781. The minimum atomic E-state index is -0.272. The first-order valence-electron chi connectivity index (χ1n) is 9.74. The van der Waals surface area contributed by atoms with Crippen LogP contribution in [0.5, 0.6) is 17.2 Å². The standard InChI is InChI=1S/C21H30O5/c1-12-15-10-14(11-16(12)22)21(2,3)26-19(15)13-8-17(23-4)20-18(9-13)24-6-5-7-25-20/h8-9,12,14-16,19,22H,5-7,10-11H2,1-4H3/t12-,14-,15-,16-,19-/m0/s1. The minimum Gasteiger partial charge on any atom is -0.493 e. The Hall–Kier alpha value is -1.46. The van der Waals surface area contributed by atoms with E-state index in [1.807, 2.05) is 12.1 Å². The maximum Gasteiger partial charge on any atom is 0.203 e. The van der Waals surface area contributed by atoms with Gasteiger partial charge in [0.15, 0.2) is 11.5 Å². The minimum absolute atomic E-state index is 0.0859. The molecule has 0 amide bonds. The summed E-state index contributed by atoms with van der Waals surface area (Å²) in [4.78, 5) is 0. The summed E-state index contributed by atoms with van der Waals surface area (Å²) in [7, 11) is 1.66. The number of fused-ring (bicyclic) bond motifs is 3. The summed E-state index contributed by atoms with van der Waals surface area (Å²) in [6.07, 6.45) is 2.39. The van der Waals surface area contributed by atoms with Crippen molar-refractivity contribution in [3.8, 4) is 17.2 Å². The third-order valence-corrected chi connectivity index (χ3v) is 6.55. The molecule has 3 aliphatic rings. The second-order valence-electron chi connectivity index (χ2n) is 8.50. The summed E-state index contributed by atoms with van der Waals surface area (Å²) < 4.78 is 24.0. The van der Waals surface area contributed by atoms with Crippen molar-refractivity contribution < 1.29 is 24.1 Å². The molecule has 1 aromatic carbocycles. The maximum atomic E-state index is 10.6. The third kappa shape index (κ3) is 2.95. The van der Waals surface area contributed by atoms with Crippen LogP contribution in [-0.4, -0.2) is 37.1 Å². The molecule has 2 aliphatic heterocycles. The van der Waals surface area contributed by atoms with Crippen LogP contribution in [0.3, 0.4) is 0 Å². The molecule has 1 saturated carbocycles. The van der Waals surface area contributed by atoms with Gasteiger partial charge in [-0.3, -0.25) is 0 Å². The van der Waals surface area contributed by atoms with Gasteiger partial charge in [-0.1, -0.05) is 6.92 Å². The van der Waals surface area contributed by atoms with Crippen molar-refractivity contribution >= 4 is 0 Å². The van der Waals surface area contributed by atoms with E-state index in [4.69, 9.17) is 18.9 Å². The summed E-state index contributed by atoms with van der Waals surface area (Å²) in [6, 6.07) is 4.06.